The van der Waals surface area contributed by atoms with Crippen LogP contribution < -0.4 is 0 Å². The smallest absolute Gasteiger partial charge is 0.122 e. The quantitative estimate of drug-likeness (QED) is 0.595. The van der Waals surface area contributed by atoms with Gasteiger partial charge in [-0.3, -0.25) is 0 Å². The Kier molecular flexibility index (Phi) is 2.67. The molecule has 70 valence electrons. The van der Waals surface area contributed by atoms with Crippen LogP contribution in [0.25, 0.3) is 0 Å². The molecule has 1 aromatic rings. The predicted octanol–water partition coefficient (Wildman–Crippen LogP) is 2.76. The van der Waals surface area contributed by atoms with E-state index in [1.807, 2.05) is 12.1 Å². The van der Waals surface area contributed by atoms with Gasteiger partial charge in [0.05, 0.1) is 0 Å². The molecule has 0 N–H and O–H groups in total. The molecule has 0 bridgehead atoms. The van der Waals surface area contributed by atoms with E-state index in [0.717, 1.165) is 17.2 Å². The molecule has 2 nitrogen and oxygen atoms in total. The average molecular weight is 235 g/mol. The summed E-state index contributed by atoms with van der Waals surface area (Å²) in [6.45, 7) is 0. The van der Waals surface area contributed by atoms with Gasteiger partial charge in [0.15, 0.2) is 0 Å². The Morgan fingerprint density at radius 2 is 2.38 bits per heavy atom. The zero-order valence-electron chi connectivity index (χ0n) is 6.78. The molecule has 0 aliphatic heterocycles. The van der Waals surface area contributed by atoms with Gasteiger partial charge in [0, 0.05) is 17.9 Å². The Bertz CT molecular complexity index is 291. The van der Waals surface area contributed by atoms with Crippen LogP contribution in [0.5, 0.6) is 0 Å². The maximum atomic E-state index is 5.89. The number of thioether (sulfide) groups is 1. The van der Waals surface area contributed by atoms with Crippen LogP contribution >= 0.6 is 35.0 Å². The molecule has 1 aromatic heterocycles. The van der Waals surface area contributed by atoms with Crippen molar-refractivity contribution in [3.63, 3.8) is 0 Å². The number of alkyl halides is 2. The molecule has 0 spiro atoms. The lowest BCUT2D eigenvalue weighted by atomic mass is 10.5. The van der Waals surface area contributed by atoms with Crippen LogP contribution in [0.2, 0.25) is 0 Å². The lowest BCUT2D eigenvalue weighted by Crippen LogP contribution is -1.93. The fourth-order valence-electron chi connectivity index (χ4n) is 1.00. The molecular weight excluding hydrogens is 227 g/mol. The van der Waals surface area contributed by atoms with Crippen LogP contribution in [0.3, 0.4) is 0 Å². The highest BCUT2D eigenvalue weighted by atomic mass is 35.5. The first kappa shape index (κ1) is 9.56. The predicted molar refractivity (Wildman–Crippen MR) is 55.3 cm³/mol. The third-order valence-electron chi connectivity index (χ3n) is 1.94. The highest BCUT2D eigenvalue weighted by Gasteiger charge is 2.51. The van der Waals surface area contributed by atoms with Crippen molar-refractivity contribution in [3.8, 4) is 0 Å². The minimum atomic E-state index is -0.477. The minimum absolute atomic E-state index is 0.405. The number of aromatic nitrogens is 2. The third kappa shape index (κ3) is 2.48. The van der Waals surface area contributed by atoms with Crippen LogP contribution in [0, 0.1) is 5.92 Å². The van der Waals surface area contributed by atoms with Crippen LogP contribution in [0.4, 0.5) is 0 Å². The Labute approximate surface area is 91.0 Å². The van der Waals surface area contributed by atoms with Gasteiger partial charge in [-0.1, -0.05) is 0 Å². The van der Waals surface area contributed by atoms with Crippen molar-refractivity contribution in [2.45, 2.75) is 15.8 Å². The van der Waals surface area contributed by atoms with E-state index in [4.69, 9.17) is 23.2 Å². The zero-order chi connectivity index (χ0) is 9.31. The Morgan fingerprint density at radius 3 is 2.92 bits per heavy atom. The fourth-order valence-corrected chi connectivity index (χ4v) is 2.76. The molecule has 1 atom stereocenters. The van der Waals surface area contributed by atoms with Crippen LogP contribution in [0.1, 0.15) is 6.42 Å². The summed E-state index contributed by atoms with van der Waals surface area (Å²) in [5.41, 5.74) is 0. The average Bonchev–Trinajstić information content (AvgIpc) is 2.73. The fraction of sp³-hybridized carbons (Fsp3) is 0.500. The van der Waals surface area contributed by atoms with Crippen molar-refractivity contribution in [2.75, 3.05) is 5.75 Å². The van der Waals surface area contributed by atoms with E-state index in [9.17, 15) is 0 Å². The summed E-state index contributed by atoms with van der Waals surface area (Å²) in [6.07, 6.45) is 2.55. The second kappa shape index (κ2) is 3.64. The van der Waals surface area contributed by atoms with Crippen molar-refractivity contribution < 1.29 is 0 Å². The molecule has 5 heteroatoms. The number of nitrogens with zero attached hydrogens (tertiary/aromatic N) is 2. The van der Waals surface area contributed by atoms with Gasteiger partial charge in [0.25, 0.3) is 0 Å². The van der Waals surface area contributed by atoms with Gasteiger partial charge >= 0.3 is 0 Å². The summed E-state index contributed by atoms with van der Waals surface area (Å²) in [7, 11) is 0. The monoisotopic (exact) mass is 234 g/mol. The van der Waals surface area contributed by atoms with Crippen molar-refractivity contribution in [1.82, 2.24) is 10.2 Å². The standard InChI is InChI=1S/C8H8Cl2N2S/c9-8(10)4-6(8)5-13-7-2-1-3-11-12-7/h1-3,6H,4-5H2. The molecule has 1 aliphatic rings. The van der Waals surface area contributed by atoms with Gasteiger partial charge in [0.1, 0.15) is 9.36 Å². The topological polar surface area (TPSA) is 25.8 Å². The molecule has 0 amide bonds. The summed E-state index contributed by atoms with van der Waals surface area (Å²) in [5.74, 6) is 1.33. The molecule has 0 radical (unpaired) electrons. The van der Waals surface area contributed by atoms with E-state index in [1.54, 1.807) is 18.0 Å². The Morgan fingerprint density at radius 1 is 1.62 bits per heavy atom. The second-order valence-corrected chi connectivity index (χ2v) is 5.62. The summed E-state index contributed by atoms with van der Waals surface area (Å²) >= 11 is 13.4. The molecule has 2 rings (SSSR count). The summed E-state index contributed by atoms with van der Waals surface area (Å²) < 4.78 is -0.477. The highest BCUT2D eigenvalue weighted by Crippen LogP contribution is 2.54. The van der Waals surface area contributed by atoms with Crippen LogP contribution in [-0.4, -0.2) is 20.3 Å². The molecule has 0 saturated heterocycles. The molecule has 1 unspecified atom stereocenters. The van der Waals surface area contributed by atoms with Gasteiger partial charge in [-0.25, -0.2) is 0 Å². The first-order valence-corrected chi connectivity index (χ1v) is 5.71. The third-order valence-corrected chi connectivity index (χ3v) is 3.94. The molecular formula is C8H8Cl2N2S. The maximum absolute atomic E-state index is 5.89. The lowest BCUT2D eigenvalue weighted by Gasteiger charge is -1.98. The molecule has 1 heterocycles. The molecule has 1 saturated carbocycles. The maximum Gasteiger partial charge on any atom is 0.122 e. The SMILES string of the molecule is ClC1(Cl)CC1CSc1cccnn1. The normalized spacial score (nSPS) is 24.3. The number of rotatable bonds is 3. The first-order valence-electron chi connectivity index (χ1n) is 3.97. The van der Waals surface area contributed by atoms with E-state index in [2.05, 4.69) is 10.2 Å². The number of hydrogen-bond acceptors (Lipinski definition) is 3. The minimum Gasteiger partial charge on any atom is -0.158 e. The van der Waals surface area contributed by atoms with E-state index in [-0.39, 0.29) is 0 Å². The van der Waals surface area contributed by atoms with E-state index >= 15 is 0 Å². The molecule has 1 aliphatic carbocycles. The van der Waals surface area contributed by atoms with Crippen molar-refractivity contribution >= 4 is 35.0 Å². The Balaban J connectivity index is 1.82. The van der Waals surface area contributed by atoms with Crippen molar-refractivity contribution in [3.05, 3.63) is 18.3 Å². The van der Waals surface area contributed by atoms with Gasteiger partial charge in [-0.2, -0.15) is 5.10 Å². The summed E-state index contributed by atoms with van der Waals surface area (Å²) in [5, 5.41) is 8.66. The van der Waals surface area contributed by atoms with Gasteiger partial charge in [-0.15, -0.1) is 40.1 Å². The Hall–Kier alpha value is 0.01000. The molecule has 13 heavy (non-hydrogen) atoms. The van der Waals surface area contributed by atoms with Gasteiger partial charge in [0.2, 0.25) is 0 Å². The first-order chi connectivity index (χ1) is 6.18. The number of halogens is 2. The van der Waals surface area contributed by atoms with Crippen molar-refractivity contribution in [1.29, 1.82) is 0 Å². The lowest BCUT2D eigenvalue weighted by molar-refractivity contribution is 0.918. The summed E-state index contributed by atoms with van der Waals surface area (Å²) in [4.78, 5) is 0. The van der Waals surface area contributed by atoms with Crippen LogP contribution in [0.15, 0.2) is 23.4 Å². The second-order valence-electron chi connectivity index (χ2n) is 3.03. The summed E-state index contributed by atoms with van der Waals surface area (Å²) in [6, 6.07) is 3.81. The highest BCUT2D eigenvalue weighted by molar-refractivity contribution is 7.99. The molecule has 0 aromatic carbocycles. The number of hydrogen-bond donors (Lipinski definition) is 0. The van der Waals surface area contributed by atoms with Crippen LogP contribution in [-0.2, 0) is 0 Å². The largest absolute Gasteiger partial charge is 0.158 e. The van der Waals surface area contributed by atoms with E-state index in [0.29, 0.717) is 5.92 Å². The van der Waals surface area contributed by atoms with E-state index < -0.39 is 4.33 Å². The van der Waals surface area contributed by atoms with Gasteiger partial charge < -0.3 is 0 Å². The van der Waals surface area contributed by atoms with Crippen molar-refractivity contribution in [2.24, 2.45) is 5.92 Å². The van der Waals surface area contributed by atoms with E-state index in [1.165, 1.54) is 0 Å². The zero-order valence-corrected chi connectivity index (χ0v) is 9.11. The molecule has 1 fully saturated rings. The van der Waals surface area contributed by atoms with Gasteiger partial charge in [-0.05, 0) is 18.6 Å².